The van der Waals surface area contributed by atoms with Crippen molar-refractivity contribution in [1.82, 2.24) is 8.75 Å². The van der Waals surface area contributed by atoms with Crippen LogP contribution in [0.1, 0.15) is 0 Å². The first-order valence-corrected chi connectivity index (χ1v) is 4.98. The average Bonchev–Trinajstić information content (AvgIpc) is 2.71. The Morgan fingerprint density at radius 1 is 1.20 bits per heavy atom. The number of nitrogens with zero attached hydrogens (tertiary/aromatic N) is 2. The molecule has 0 unspecified atom stereocenters. The third kappa shape index (κ3) is 2.75. The second-order valence-electron chi connectivity index (χ2n) is 2.74. The molecule has 2 N–H and O–H groups in total. The maximum atomic E-state index is 11.4. The lowest BCUT2D eigenvalue weighted by molar-refractivity contribution is 0.262. The molecule has 0 bridgehead atoms. The van der Waals surface area contributed by atoms with Crippen LogP contribution in [0.25, 0.3) is 0 Å². The molecule has 76 valence electrons. The molecule has 2 rings (SSSR count). The van der Waals surface area contributed by atoms with Gasteiger partial charge in [-0.3, -0.25) is 5.32 Å². The maximum absolute atomic E-state index is 11.4. The van der Waals surface area contributed by atoms with E-state index in [-0.39, 0.29) is 6.03 Å². The fourth-order valence-corrected chi connectivity index (χ4v) is 1.39. The molecule has 0 saturated carbocycles. The van der Waals surface area contributed by atoms with Gasteiger partial charge in [0.1, 0.15) is 0 Å². The molecule has 2 amide bonds. The summed E-state index contributed by atoms with van der Waals surface area (Å²) in [6, 6.07) is 8.86. The third-order valence-corrected chi connectivity index (χ3v) is 2.11. The number of anilines is 2. The Hall–Kier alpha value is -1.95. The van der Waals surface area contributed by atoms with Gasteiger partial charge in [-0.05, 0) is 12.1 Å². The van der Waals surface area contributed by atoms with E-state index in [1.165, 1.54) is 6.20 Å². The smallest absolute Gasteiger partial charge is 0.308 e. The molecule has 6 heteroatoms. The SMILES string of the molecule is O=C(Nc1ccccc1)Nc1cnsn1. The number of aromatic nitrogens is 2. The molecule has 1 aromatic heterocycles. The predicted octanol–water partition coefficient (Wildman–Crippen LogP) is 2.18. The predicted molar refractivity (Wildman–Crippen MR) is 59.0 cm³/mol. The molecule has 5 nitrogen and oxygen atoms in total. The molecule has 0 aliphatic heterocycles. The minimum atomic E-state index is -0.325. The molecule has 0 fully saturated rings. The zero-order valence-corrected chi connectivity index (χ0v) is 8.49. The van der Waals surface area contributed by atoms with Crippen LogP contribution in [0.3, 0.4) is 0 Å². The summed E-state index contributed by atoms with van der Waals surface area (Å²) in [5.41, 5.74) is 0.734. The van der Waals surface area contributed by atoms with Crippen molar-refractivity contribution in [2.75, 3.05) is 10.6 Å². The fourth-order valence-electron chi connectivity index (χ4n) is 1.02. The highest BCUT2D eigenvalue weighted by Gasteiger charge is 2.03. The highest BCUT2D eigenvalue weighted by Crippen LogP contribution is 2.06. The molecule has 0 spiro atoms. The summed E-state index contributed by atoms with van der Waals surface area (Å²) in [6.07, 6.45) is 1.50. The van der Waals surface area contributed by atoms with Gasteiger partial charge in [0.05, 0.1) is 17.9 Å². The Kier molecular flexibility index (Phi) is 2.89. The van der Waals surface area contributed by atoms with Crippen molar-refractivity contribution in [1.29, 1.82) is 0 Å². The number of hydrogen-bond acceptors (Lipinski definition) is 4. The van der Waals surface area contributed by atoms with Crippen molar-refractivity contribution in [2.24, 2.45) is 0 Å². The fraction of sp³-hybridized carbons (Fsp3) is 0. The Balaban J connectivity index is 1.94. The van der Waals surface area contributed by atoms with E-state index in [1.807, 2.05) is 18.2 Å². The van der Waals surface area contributed by atoms with Gasteiger partial charge >= 0.3 is 6.03 Å². The van der Waals surface area contributed by atoms with E-state index in [9.17, 15) is 4.79 Å². The van der Waals surface area contributed by atoms with Gasteiger partial charge in [-0.1, -0.05) is 18.2 Å². The van der Waals surface area contributed by atoms with Crippen molar-refractivity contribution < 1.29 is 4.79 Å². The van der Waals surface area contributed by atoms with E-state index < -0.39 is 0 Å². The Morgan fingerprint density at radius 2 is 2.00 bits per heavy atom. The van der Waals surface area contributed by atoms with E-state index in [4.69, 9.17) is 0 Å². The third-order valence-electron chi connectivity index (χ3n) is 1.63. The number of para-hydroxylation sites is 1. The van der Waals surface area contributed by atoms with Gasteiger partial charge < -0.3 is 5.32 Å². The summed E-state index contributed by atoms with van der Waals surface area (Å²) >= 11 is 1.05. The van der Waals surface area contributed by atoms with Crippen LogP contribution in [0.4, 0.5) is 16.3 Å². The second-order valence-corrected chi connectivity index (χ2v) is 3.29. The van der Waals surface area contributed by atoms with Crippen molar-refractivity contribution in [2.45, 2.75) is 0 Å². The first-order valence-electron chi connectivity index (χ1n) is 4.25. The van der Waals surface area contributed by atoms with E-state index in [1.54, 1.807) is 12.1 Å². The van der Waals surface area contributed by atoms with Crippen LogP contribution in [-0.2, 0) is 0 Å². The summed E-state index contributed by atoms with van der Waals surface area (Å²) in [5.74, 6) is 0.452. The highest BCUT2D eigenvalue weighted by atomic mass is 32.1. The summed E-state index contributed by atoms with van der Waals surface area (Å²) in [5, 5.41) is 5.22. The van der Waals surface area contributed by atoms with Crippen molar-refractivity contribution in [3.8, 4) is 0 Å². The van der Waals surface area contributed by atoms with Crippen LogP contribution in [0, 0.1) is 0 Å². The van der Waals surface area contributed by atoms with E-state index in [2.05, 4.69) is 19.4 Å². The van der Waals surface area contributed by atoms with Crippen LogP contribution in [0.5, 0.6) is 0 Å². The van der Waals surface area contributed by atoms with Crippen LogP contribution in [0.2, 0.25) is 0 Å². The van der Waals surface area contributed by atoms with Gasteiger partial charge in [0.25, 0.3) is 0 Å². The molecule has 0 radical (unpaired) electrons. The molecule has 0 saturated heterocycles. The molecule has 0 aliphatic rings. The normalized spacial score (nSPS) is 9.60. The summed E-state index contributed by atoms with van der Waals surface area (Å²) in [7, 11) is 0. The first kappa shape index (κ1) is 9.60. The van der Waals surface area contributed by atoms with Gasteiger partial charge in [0.15, 0.2) is 5.82 Å². The minimum absolute atomic E-state index is 0.325. The largest absolute Gasteiger partial charge is 0.324 e. The standard InChI is InChI=1S/C9H8N4OS/c14-9(12-8-6-10-15-13-8)11-7-4-2-1-3-5-7/h1-6H,(H2,11,12,13,14). The molecule has 0 aliphatic carbocycles. The number of amides is 2. The lowest BCUT2D eigenvalue weighted by Crippen LogP contribution is -2.19. The molecular weight excluding hydrogens is 212 g/mol. The van der Waals surface area contributed by atoms with Crippen LogP contribution >= 0.6 is 11.7 Å². The Bertz CT molecular complexity index is 429. The van der Waals surface area contributed by atoms with Crippen molar-refractivity contribution in [3.63, 3.8) is 0 Å². The number of carbonyl (C=O) groups excluding carboxylic acids is 1. The molecule has 1 heterocycles. The zero-order chi connectivity index (χ0) is 10.5. The number of carbonyl (C=O) groups is 1. The maximum Gasteiger partial charge on any atom is 0.324 e. The van der Waals surface area contributed by atoms with E-state index in [0.29, 0.717) is 5.82 Å². The first-order chi connectivity index (χ1) is 7.34. The molecule has 2 aromatic rings. The Labute approximate surface area is 90.5 Å². The van der Waals surface area contributed by atoms with Crippen LogP contribution in [-0.4, -0.2) is 14.8 Å². The Morgan fingerprint density at radius 3 is 2.67 bits per heavy atom. The summed E-state index contributed by atoms with van der Waals surface area (Å²) < 4.78 is 7.63. The van der Waals surface area contributed by atoms with Crippen molar-refractivity contribution in [3.05, 3.63) is 36.5 Å². The second kappa shape index (κ2) is 4.52. The number of nitrogens with one attached hydrogen (secondary N) is 2. The van der Waals surface area contributed by atoms with Gasteiger partial charge in [-0.25, -0.2) is 4.79 Å². The summed E-state index contributed by atoms with van der Waals surface area (Å²) in [4.78, 5) is 11.4. The topological polar surface area (TPSA) is 66.9 Å². The molecular formula is C9H8N4OS. The molecule has 15 heavy (non-hydrogen) atoms. The van der Waals surface area contributed by atoms with Gasteiger partial charge in [-0.2, -0.15) is 8.75 Å². The lowest BCUT2D eigenvalue weighted by atomic mass is 10.3. The van der Waals surface area contributed by atoms with Crippen LogP contribution < -0.4 is 10.6 Å². The molecule has 0 atom stereocenters. The number of urea groups is 1. The average molecular weight is 220 g/mol. The van der Waals surface area contributed by atoms with Gasteiger partial charge in [0.2, 0.25) is 0 Å². The highest BCUT2D eigenvalue weighted by molar-refractivity contribution is 6.99. The molecule has 1 aromatic carbocycles. The van der Waals surface area contributed by atoms with Crippen LogP contribution in [0.15, 0.2) is 36.5 Å². The zero-order valence-electron chi connectivity index (χ0n) is 7.68. The van der Waals surface area contributed by atoms with E-state index >= 15 is 0 Å². The number of rotatable bonds is 2. The number of hydrogen-bond donors (Lipinski definition) is 2. The van der Waals surface area contributed by atoms with Crippen molar-refractivity contribution >= 4 is 29.3 Å². The summed E-state index contributed by atoms with van der Waals surface area (Å²) in [6.45, 7) is 0. The quantitative estimate of drug-likeness (QED) is 0.815. The monoisotopic (exact) mass is 220 g/mol. The lowest BCUT2D eigenvalue weighted by Gasteiger charge is -2.04. The van der Waals surface area contributed by atoms with Gasteiger partial charge in [-0.15, -0.1) is 0 Å². The number of benzene rings is 1. The minimum Gasteiger partial charge on any atom is -0.308 e. The van der Waals surface area contributed by atoms with E-state index in [0.717, 1.165) is 17.4 Å². The van der Waals surface area contributed by atoms with Gasteiger partial charge in [0, 0.05) is 5.69 Å².